The van der Waals surface area contributed by atoms with E-state index in [9.17, 15) is 4.79 Å². The van der Waals surface area contributed by atoms with Crippen LogP contribution in [0.15, 0.2) is 40.2 Å². The summed E-state index contributed by atoms with van der Waals surface area (Å²) in [5, 5.41) is 7.68. The number of primary amides is 1. The predicted molar refractivity (Wildman–Crippen MR) is 76.8 cm³/mol. The summed E-state index contributed by atoms with van der Waals surface area (Å²) >= 11 is 2.98. The van der Waals surface area contributed by atoms with Crippen LogP contribution in [0, 0.1) is 0 Å². The van der Waals surface area contributed by atoms with Gasteiger partial charge in [0.1, 0.15) is 11.0 Å². The number of nitrogens with two attached hydrogens (primary N) is 2. The van der Waals surface area contributed by atoms with Crippen molar-refractivity contribution in [1.82, 2.24) is 10.2 Å². The van der Waals surface area contributed by atoms with Crippen molar-refractivity contribution in [3.63, 3.8) is 0 Å². The van der Waals surface area contributed by atoms with Crippen molar-refractivity contribution in [3.05, 3.63) is 41.4 Å². The molecule has 0 fully saturated rings. The number of thioether (sulfide) groups is 1. The van der Waals surface area contributed by atoms with Gasteiger partial charge in [0.2, 0.25) is 5.91 Å². The molecule has 0 radical (unpaired) electrons. The molecule has 1 aromatic carbocycles. The molecule has 100 valence electrons. The lowest BCUT2D eigenvalue weighted by molar-refractivity contribution is -0.123. The van der Waals surface area contributed by atoms with Gasteiger partial charge in [-0.25, -0.2) is 0 Å². The molecule has 2 aromatic rings. The van der Waals surface area contributed by atoms with Gasteiger partial charge in [0, 0.05) is 5.75 Å². The molecule has 7 heteroatoms. The van der Waals surface area contributed by atoms with Gasteiger partial charge in [-0.15, -0.1) is 10.2 Å². The third kappa shape index (κ3) is 3.31. The Balaban J connectivity index is 2.06. The number of rotatable bonds is 6. The van der Waals surface area contributed by atoms with E-state index in [1.807, 2.05) is 30.3 Å². The van der Waals surface area contributed by atoms with Gasteiger partial charge >= 0.3 is 0 Å². The lowest BCUT2D eigenvalue weighted by atomic mass is 9.88. The molecule has 1 aromatic heterocycles. The number of benzene rings is 1. The number of carbonyl (C=O) groups excluding carboxylic acids is 1. The van der Waals surface area contributed by atoms with Gasteiger partial charge < -0.3 is 11.5 Å². The molecule has 1 amide bonds. The highest BCUT2D eigenvalue weighted by Crippen LogP contribution is 2.27. The Morgan fingerprint density at radius 2 is 2.11 bits per heavy atom. The highest BCUT2D eigenvalue weighted by atomic mass is 32.2. The largest absolute Gasteiger partial charge is 0.368 e. The van der Waals surface area contributed by atoms with Crippen LogP contribution in [0.5, 0.6) is 0 Å². The van der Waals surface area contributed by atoms with Crippen molar-refractivity contribution in [3.8, 4) is 0 Å². The zero-order chi connectivity index (χ0) is 13.7. The Morgan fingerprint density at radius 1 is 1.37 bits per heavy atom. The van der Waals surface area contributed by atoms with E-state index in [1.54, 1.807) is 5.51 Å². The van der Waals surface area contributed by atoms with E-state index in [0.29, 0.717) is 12.2 Å². The number of aromatic nitrogens is 2. The molecule has 0 aliphatic rings. The molecular weight excluding hydrogens is 280 g/mol. The number of hydrogen-bond donors (Lipinski definition) is 2. The van der Waals surface area contributed by atoms with Crippen LogP contribution in [0.25, 0.3) is 0 Å². The first-order valence-corrected chi connectivity index (χ1v) is 7.53. The Bertz CT molecular complexity index is 532. The summed E-state index contributed by atoms with van der Waals surface area (Å²) in [5.74, 6) is 0.139. The van der Waals surface area contributed by atoms with E-state index >= 15 is 0 Å². The molecule has 0 aliphatic carbocycles. The molecule has 0 saturated heterocycles. The van der Waals surface area contributed by atoms with Gasteiger partial charge in [-0.05, 0) is 12.0 Å². The van der Waals surface area contributed by atoms with Gasteiger partial charge in [-0.1, -0.05) is 53.4 Å². The first-order chi connectivity index (χ1) is 9.13. The third-order valence-corrected chi connectivity index (χ3v) is 4.65. The topological polar surface area (TPSA) is 94.9 Å². The summed E-state index contributed by atoms with van der Waals surface area (Å²) in [4.78, 5) is 11.7. The molecule has 1 atom stereocenters. The van der Waals surface area contributed by atoms with E-state index in [4.69, 9.17) is 11.5 Å². The van der Waals surface area contributed by atoms with Crippen LogP contribution in [0.4, 0.5) is 0 Å². The van der Waals surface area contributed by atoms with E-state index in [2.05, 4.69) is 10.2 Å². The minimum atomic E-state index is -1.14. The van der Waals surface area contributed by atoms with Crippen LogP contribution in [0.1, 0.15) is 12.0 Å². The summed E-state index contributed by atoms with van der Waals surface area (Å²) in [5.41, 5.74) is 12.9. The van der Waals surface area contributed by atoms with Crippen LogP contribution in [0.2, 0.25) is 0 Å². The van der Waals surface area contributed by atoms with Crippen LogP contribution in [-0.2, 0) is 10.3 Å². The Morgan fingerprint density at radius 3 is 2.68 bits per heavy atom. The molecule has 0 aliphatic heterocycles. The highest BCUT2D eigenvalue weighted by Gasteiger charge is 2.33. The van der Waals surface area contributed by atoms with Crippen molar-refractivity contribution in [1.29, 1.82) is 0 Å². The zero-order valence-electron chi connectivity index (χ0n) is 10.2. The molecule has 4 N–H and O–H groups in total. The quantitative estimate of drug-likeness (QED) is 0.784. The number of hydrogen-bond acceptors (Lipinski definition) is 6. The Kier molecular flexibility index (Phi) is 4.52. The number of carbonyl (C=O) groups is 1. The van der Waals surface area contributed by atoms with Crippen molar-refractivity contribution >= 4 is 29.0 Å². The van der Waals surface area contributed by atoms with Crippen LogP contribution in [0.3, 0.4) is 0 Å². The lowest BCUT2D eigenvalue weighted by Crippen LogP contribution is -2.49. The molecule has 1 unspecified atom stereocenters. The Hall–Kier alpha value is -1.44. The summed E-state index contributed by atoms with van der Waals surface area (Å²) in [7, 11) is 0. The fourth-order valence-electron chi connectivity index (χ4n) is 1.67. The fourth-order valence-corrected chi connectivity index (χ4v) is 3.30. The standard InChI is InChI=1S/C12H14N4OS2/c13-10(17)12(14,9-4-2-1-3-5-9)6-7-18-11-16-15-8-19-11/h1-5,8H,6-7,14H2,(H2,13,17). The maximum Gasteiger partial charge on any atom is 0.242 e. The number of amides is 1. The minimum Gasteiger partial charge on any atom is -0.368 e. The summed E-state index contributed by atoms with van der Waals surface area (Å²) in [6.45, 7) is 0. The average Bonchev–Trinajstić information content (AvgIpc) is 2.92. The third-order valence-electron chi connectivity index (χ3n) is 2.79. The first-order valence-electron chi connectivity index (χ1n) is 5.66. The average molecular weight is 294 g/mol. The van der Waals surface area contributed by atoms with Crippen molar-refractivity contribution < 1.29 is 4.79 Å². The monoisotopic (exact) mass is 294 g/mol. The van der Waals surface area contributed by atoms with Crippen molar-refractivity contribution in [2.45, 2.75) is 16.3 Å². The molecule has 0 spiro atoms. The van der Waals surface area contributed by atoms with Crippen molar-refractivity contribution in [2.24, 2.45) is 11.5 Å². The van der Waals surface area contributed by atoms with E-state index in [-0.39, 0.29) is 0 Å². The first kappa shape index (κ1) is 14.0. The SMILES string of the molecule is NC(=O)C(N)(CCSc1nncs1)c1ccccc1. The molecule has 0 bridgehead atoms. The number of nitrogens with zero attached hydrogens (tertiary/aromatic N) is 2. The van der Waals surface area contributed by atoms with Crippen LogP contribution in [-0.4, -0.2) is 21.9 Å². The second-order valence-electron chi connectivity index (χ2n) is 4.00. The second-order valence-corrected chi connectivity index (χ2v) is 6.18. The minimum absolute atomic E-state index is 0.455. The van der Waals surface area contributed by atoms with Gasteiger partial charge in [-0.3, -0.25) is 4.79 Å². The van der Waals surface area contributed by atoms with E-state index in [0.717, 1.165) is 9.90 Å². The van der Waals surface area contributed by atoms with E-state index in [1.165, 1.54) is 23.1 Å². The molecular formula is C12H14N4OS2. The summed E-state index contributed by atoms with van der Waals surface area (Å²) in [6.07, 6.45) is 0.455. The van der Waals surface area contributed by atoms with Crippen molar-refractivity contribution in [2.75, 3.05) is 5.75 Å². The molecule has 19 heavy (non-hydrogen) atoms. The maximum absolute atomic E-state index is 11.7. The highest BCUT2D eigenvalue weighted by molar-refractivity contribution is 8.00. The van der Waals surface area contributed by atoms with Gasteiger partial charge in [-0.2, -0.15) is 0 Å². The second kappa shape index (κ2) is 6.14. The van der Waals surface area contributed by atoms with E-state index < -0.39 is 11.4 Å². The molecule has 0 saturated carbocycles. The molecule has 2 rings (SSSR count). The van der Waals surface area contributed by atoms with Gasteiger partial charge in [0.05, 0.1) is 0 Å². The molecule has 1 heterocycles. The molecule has 5 nitrogen and oxygen atoms in total. The summed E-state index contributed by atoms with van der Waals surface area (Å²) < 4.78 is 0.861. The Labute approximate surface area is 119 Å². The smallest absolute Gasteiger partial charge is 0.242 e. The normalized spacial score (nSPS) is 13.9. The zero-order valence-corrected chi connectivity index (χ0v) is 11.8. The van der Waals surface area contributed by atoms with Crippen LogP contribution < -0.4 is 11.5 Å². The summed E-state index contributed by atoms with van der Waals surface area (Å²) in [6, 6.07) is 9.21. The maximum atomic E-state index is 11.7. The van der Waals surface area contributed by atoms with Gasteiger partial charge in [0.15, 0.2) is 4.34 Å². The predicted octanol–water partition coefficient (Wildman–Crippen LogP) is 1.36. The lowest BCUT2D eigenvalue weighted by Gasteiger charge is -2.26. The fraction of sp³-hybridized carbons (Fsp3) is 0.250. The van der Waals surface area contributed by atoms with Gasteiger partial charge in [0.25, 0.3) is 0 Å². The van der Waals surface area contributed by atoms with Crippen LogP contribution >= 0.6 is 23.1 Å².